The molecular formula is C12H15ClN2OS. The van der Waals surface area contributed by atoms with Gasteiger partial charge in [0, 0.05) is 17.9 Å². The molecule has 17 heavy (non-hydrogen) atoms. The first-order valence-corrected chi connectivity index (χ1v) is 6.34. The van der Waals surface area contributed by atoms with E-state index in [0.717, 1.165) is 18.7 Å². The Morgan fingerprint density at radius 3 is 2.88 bits per heavy atom. The molecule has 5 heteroatoms. The monoisotopic (exact) mass is 270 g/mol. The van der Waals surface area contributed by atoms with Gasteiger partial charge in [0.25, 0.3) is 0 Å². The molecule has 3 nitrogen and oxygen atoms in total. The fraction of sp³-hybridized carbons (Fsp3) is 0.417. The van der Waals surface area contributed by atoms with Gasteiger partial charge in [0.15, 0.2) is 0 Å². The third-order valence-corrected chi connectivity index (χ3v) is 3.50. The Kier molecular flexibility index (Phi) is 3.86. The summed E-state index contributed by atoms with van der Waals surface area (Å²) in [7, 11) is 0. The molecule has 1 aromatic rings. The maximum atomic E-state index is 6.11. The average molecular weight is 271 g/mol. The second-order valence-electron chi connectivity index (χ2n) is 4.17. The number of hydrogen-bond donors (Lipinski definition) is 2. The van der Waals surface area contributed by atoms with Gasteiger partial charge >= 0.3 is 0 Å². The lowest BCUT2D eigenvalue weighted by Gasteiger charge is -2.18. The van der Waals surface area contributed by atoms with Crippen molar-refractivity contribution in [1.82, 2.24) is 0 Å². The van der Waals surface area contributed by atoms with Crippen LogP contribution in [0.2, 0.25) is 5.02 Å². The largest absolute Gasteiger partial charge is 0.389 e. The first-order valence-electron chi connectivity index (χ1n) is 5.55. The number of halogens is 1. The molecular weight excluding hydrogens is 256 g/mol. The molecule has 1 saturated heterocycles. The molecule has 1 aliphatic rings. The zero-order chi connectivity index (χ0) is 12.4. The van der Waals surface area contributed by atoms with Gasteiger partial charge in [-0.1, -0.05) is 23.8 Å². The highest BCUT2D eigenvalue weighted by Crippen LogP contribution is 2.24. The Balaban J connectivity index is 2.12. The van der Waals surface area contributed by atoms with E-state index in [1.54, 1.807) is 0 Å². The molecule has 0 radical (unpaired) electrons. The van der Waals surface area contributed by atoms with E-state index in [4.69, 9.17) is 34.3 Å². The van der Waals surface area contributed by atoms with Crippen LogP contribution in [0.3, 0.4) is 0 Å². The second-order valence-corrected chi connectivity index (χ2v) is 5.02. The van der Waals surface area contributed by atoms with Crippen molar-refractivity contribution < 1.29 is 4.74 Å². The highest BCUT2D eigenvalue weighted by Gasteiger charge is 2.23. The first-order chi connectivity index (χ1) is 8.08. The number of nitrogens with one attached hydrogen (secondary N) is 1. The molecule has 0 aliphatic carbocycles. The lowest BCUT2D eigenvalue weighted by molar-refractivity contribution is 0.121. The van der Waals surface area contributed by atoms with Crippen molar-refractivity contribution in [2.45, 2.75) is 25.5 Å². The van der Waals surface area contributed by atoms with E-state index in [2.05, 4.69) is 12.2 Å². The standard InChI is InChI=1S/C12H15ClN2OS/c1-7-11(4-5-16-7)15-8-2-3-9(12(14)17)10(13)6-8/h2-3,6-7,11,15H,4-5H2,1H3,(H2,14,17). The van der Waals surface area contributed by atoms with Gasteiger partial charge in [0.1, 0.15) is 4.99 Å². The third-order valence-electron chi connectivity index (χ3n) is 2.96. The Morgan fingerprint density at radius 1 is 1.59 bits per heavy atom. The quantitative estimate of drug-likeness (QED) is 0.829. The summed E-state index contributed by atoms with van der Waals surface area (Å²) in [6.45, 7) is 2.87. The summed E-state index contributed by atoms with van der Waals surface area (Å²) in [6, 6.07) is 5.96. The van der Waals surface area contributed by atoms with Gasteiger partial charge in [-0.2, -0.15) is 0 Å². The van der Waals surface area contributed by atoms with E-state index >= 15 is 0 Å². The van der Waals surface area contributed by atoms with Gasteiger partial charge < -0.3 is 15.8 Å². The maximum absolute atomic E-state index is 6.11. The van der Waals surface area contributed by atoms with Gasteiger partial charge in [0.2, 0.25) is 0 Å². The van der Waals surface area contributed by atoms with Gasteiger partial charge in [-0.3, -0.25) is 0 Å². The Hall–Kier alpha value is -0.840. The molecule has 1 aliphatic heterocycles. The molecule has 2 atom stereocenters. The minimum Gasteiger partial charge on any atom is -0.389 e. The average Bonchev–Trinajstić information content (AvgIpc) is 2.64. The van der Waals surface area contributed by atoms with E-state index in [-0.39, 0.29) is 6.10 Å². The summed E-state index contributed by atoms with van der Waals surface area (Å²) in [4.78, 5) is 0.319. The maximum Gasteiger partial charge on any atom is 0.105 e. The minimum absolute atomic E-state index is 0.226. The van der Waals surface area contributed by atoms with Gasteiger partial charge in [-0.05, 0) is 31.5 Å². The zero-order valence-corrected chi connectivity index (χ0v) is 11.1. The Bertz CT molecular complexity index is 439. The van der Waals surface area contributed by atoms with Crippen LogP contribution in [0.15, 0.2) is 18.2 Å². The number of anilines is 1. The van der Waals surface area contributed by atoms with Crippen molar-refractivity contribution in [2.24, 2.45) is 5.73 Å². The molecule has 0 amide bonds. The third kappa shape index (κ3) is 2.89. The number of ether oxygens (including phenoxy) is 1. The van der Waals surface area contributed by atoms with Crippen LogP contribution in [0.25, 0.3) is 0 Å². The van der Waals surface area contributed by atoms with E-state index in [1.807, 2.05) is 18.2 Å². The summed E-state index contributed by atoms with van der Waals surface area (Å²) >= 11 is 11.0. The van der Waals surface area contributed by atoms with E-state index in [1.165, 1.54) is 0 Å². The topological polar surface area (TPSA) is 47.3 Å². The molecule has 2 rings (SSSR count). The van der Waals surface area contributed by atoms with Crippen molar-refractivity contribution in [3.05, 3.63) is 28.8 Å². The molecule has 0 saturated carbocycles. The number of rotatable bonds is 3. The van der Waals surface area contributed by atoms with Crippen LogP contribution in [0, 0.1) is 0 Å². The Morgan fingerprint density at radius 2 is 2.35 bits per heavy atom. The molecule has 3 N–H and O–H groups in total. The van der Waals surface area contributed by atoms with Crippen LogP contribution in [0.1, 0.15) is 18.9 Å². The molecule has 1 aromatic carbocycles. The fourth-order valence-electron chi connectivity index (χ4n) is 1.94. The van der Waals surface area contributed by atoms with Crippen molar-refractivity contribution in [3.8, 4) is 0 Å². The smallest absolute Gasteiger partial charge is 0.105 e. The summed E-state index contributed by atoms with van der Waals surface area (Å²) < 4.78 is 5.49. The fourth-order valence-corrected chi connectivity index (χ4v) is 2.46. The van der Waals surface area contributed by atoms with Crippen LogP contribution < -0.4 is 11.1 Å². The van der Waals surface area contributed by atoms with Crippen molar-refractivity contribution in [1.29, 1.82) is 0 Å². The minimum atomic E-state index is 0.226. The normalized spacial score (nSPS) is 23.6. The van der Waals surface area contributed by atoms with E-state index < -0.39 is 0 Å². The molecule has 0 spiro atoms. The van der Waals surface area contributed by atoms with Crippen LogP contribution in [-0.2, 0) is 4.74 Å². The SMILES string of the molecule is CC1OCCC1Nc1ccc(C(N)=S)c(Cl)c1. The van der Waals surface area contributed by atoms with E-state index in [9.17, 15) is 0 Å². The van der Waals surface area contributed by atoms with Crippen LogP contribution in [0.5, 0.6) is 0 Å². The molecule has 0 bridgehead atoms. The first kappa shape index (κ1) is 12.6. The van der Waals surface area contributed by atoms with Crippen LogP contribution in [-0.4, -0.2) is 23.7 Å². The lowest BCUT2D eigenvalue weighted by Crippen LogP contribution is -2.26. The molecule has 92 valence electrons. The number of thiocarbonyl (C=S) groups is 1. The zero-order valence-electron chi connectivity index (χ0n) is 9.57. The number of nitrogens with two attached hydrogens (primary N) is 1. The summed E-state index contributed by atoms with van der Waals surface area (Å²) in [5.41, 5.74) is 7.24. The second kappa shape index (κ2) is 5.21. The molecule has 1 heterocycles. The van der Waals surface area contributed by atoms with Gasteiger partial charge in [-0.25, -0.2) is 0 Å². The van der Waals surface area contributed by atoms with Gasteiger partial charge in [0.05, 0.1) is 17.2 Å². The summed E-state index contributed by atoms with van der Waals surface area (Å²) in [6.07, 6.45) is 1.24. The highest BCUT2D eigenvalue weighted by molar-refractivity contribution is 7.80. The van der Waals surface area contributed by atoms with Crippen LogP contribution in [0.4, 0.5) is 5.69 Å². The van der Waals surface area contributed by atoms with E-state index in [0.29, 0.717) is 21.6 Å². The number of benzene rings is 1. The molecule has 2 unspecified atom stereocenters. The molecule has 0 aromatic heterocycles. The van der Waals surface area contributed by atoms with Crippen LogP contribution >= 0.6 is 23.8 Å². The summed E-state index contributed by atoms with van der Waals surface area (Å²) in [5.74, 6) is 0. The lowest BCUT2D eigenvalue weighted by atomic mass is 10.1. The van der Waals surface area contributed by atoms with Crippen molar-refractivity contribution in [3.63, 3.8) is 0 Å². The predicted octanol–water partition coefficient (Wildman–Crippen LogP) is 2.56. The van der Waals surface area contributed by atoms with Crippen molar-refractivity contribution >= 4 is 34.5 Å². The highest BCUT2D eigenvalue weighted by atomic mass is 35.5. The number of hydrogen-bond acceptors (Lipinski definition) is 3. The molecule has 1 fully saturated rings. The summed E-state index contributed by atoms with van der Waals surface area (Å²) in [5, 5.41) is 3.98. The van der Waals surface area contributed by atoms with Gasteiger partial charge in [-0.15, -0.1) is 0 Å². The predicted molar refractivity (Wildman–Crippen MR) is 74.8 cm³/mol. The van der Waals surface area contributed by atoms with Crippen molar-refractivity contribution in [2.75, 3.05) is 11.9 Å². The Labute approximate surface area is 111 Å².